The van der Waals surface area contributed by atoms with Gasteiger partial charge in [-0.05, 0) is 25.3 Å². The van der Waals surface area contributed by atoms with Gasteiger partial charge in [-0.3, -0.25) is 4.79 Å². The highest BCUT2D eigenvalue weighted by atomic mass is 16.6. The van der Waals surface area contributed by atoms with Gasteiger partial charge >= 0.3 is 12.1 Å². The standard InChI is InChI=1S/C19H26N2O6/c1-13(22)16(18(24)26-2)20-17(23)15-8-10-21(11-9-15)19(25)27-12-14-6-4-3-5-7-14/h3-7,13,15-16,22H,8-12H2,1-2H3,(H,20,23). The van der Waals surface area contributed by atoms with Crippen LogP contribution in [0.1, 0.15) is 25.3 Å². The molecule has 0 spiro atoms. The van der Waals surface area contributed by atoms with Gasteiger partial charge in [-0.15, -0.1) is 0 Å². The van der Waals surface area contributed by atoms with E-state index in [1.807, 2.05) is 30.3 Å². The number of benzene rings is 1. The molecule has 1 saturated heterocycles. The predicted molar refractivity (Wildman–Crippen MR) is 96.6 cm³/mol. The summed E-state index contributed by atoms with van der Waals surface area (Å²) >= 11 is 0. The van der Waals surface area contributed by atoms with Crippen molar-refractivity contribution >= 4 is 18.0 Å². The normalized spacial score (nSPS) is 16.9. The number of hydrogen-bond acceptors (Lipinski definition) is 6. The van der Waals surface area contributed by atoms with Crippen LogP contribution in [-0.2, 0) is 25.7 Å². The Balaban J connectivity index is 1.79. The van der Waals surface area contributed by atoms with E-state index in [-0.39, 0.29) is 18.4 Å². The Bertz CT molecular complexity index is 641. The number of nitrogens with one attached hydrogen (secondary N) is 1. The van der Waals surface area contributed by atoms with Crippen LogP contribution in [0.5, 0.6) is 0 Å². The highest BCUT2D eigenvalue weighted by Crippen LogP contribution is 2.19. The van der Waals surface area contributed by atoms with E-state index in [4.69, 9.17) is 4.74 Å². The Labute approximate surface area is 158 Å². The molecule has 27 heavy (non-hydrogen) atoms. The molecule has 1 aromatic rings. The molecule has 2 amide bonds. The lowest BCUT2D eigenvalue weighted by Crippen LogP contribution is -2.51. The van der Waals surface area contributed by atoms with Gasteiger partial charge in [0.2, 0.25) is 5.91 Å². The lowest BCUT2D eigenvalue weighted by atomic mass is 9.95. The molecule has 2 atom stereocenters. The third kappa shape index (κ3) is 5.96. The Morgan fingerprint density at radius 1 is 1.22 bits per heavy atom. The van der Waals surface area contributed by atoms with Crippen molar-refractivity contribution < 1.29 is 29.0 Å². The zero-order valence-electron chi connectivity index (χ0n) is 15.6. The SMILES string of the molecule is COC(=O)C(NC(=O)C1CCN(C(=O)OCc2ccccc2)CC1)C(C)O. The minimum absolute atomic E-state index is 0.204. The largest absolute Gasteiger partial charge is 0.467 e. The number of methoxy groups -OCH3 is 1. The number of aliphatic hydroxyl groups is 1. The fourth-order valence-corrected chi connectivity index (χ4v) is 2.91. The first-order valence-corrected chi connectivity index (χ1v) is 8.94. The maximum absolute atomic E-state index is 12.4. The minimum atomic E-state index is -1.10. The van der Waals surface area contributed by atoms with E-state index in [1.54, 1.807) is 4.90 Å². The number of rotatable bonds is 6. The van der Waals surface area contributed by atoms with Crippen molar-refractivity contribution in [3.05, 3.63) is 35.9 Å². The number of esters is 1. The van der Waals surface area contributed by atoms with E-state index in [0.29, 0.717) is 25.9 Å². The van der Waals surface area contributed by atoms with E-state index in [9.17, 15) is 19.5 Å². The number of carbonyl (C=O) groups is 3. The van der Waals surface area contributed by atoms with Gasteiger partial charge in [0.25, 0.3) is 0 Å². The van der Waals surface area contributed by atoms with Crippen LogP contribution >= 0.6 is 0 Å². The molecular formula is C19H26N2O6. The van der Waals surface area contributed by atoms with Gasteiger partial charge in [-0.25, -0.2) is 9.59 Å². The molecule has 2 unspecified atom stereocenters. The van der Waals surface area contributed by atoms with Gasteiger partial charge in [-0.1, -0.05) is 30.3 Å². The summed E-state index contributed by atoms with van der Waals surface area (Å²) < 4.78 is 9.89. The lowest BCUT2D eigenvalue weighted by molar-refractivity contribution is -0.148. The molecule has 1 heterocycles. The molecule has 148 valence electrons. The van der Waals surface area contributed by atoms with E-state index < -0.39 is 24.2 Å². The molecule has 8 nitrogen and oxygen atoms in total. The molecule has 8 heteroatoms. The van der Waals surface area contributed by atoms with Crippen LogP contribution in [0.25, 0.3) is 0 Å². The fourth-order valence-electron chi connectivity index (χ4n) is 2.91. The molecule has 1 aromatic carbocycles. The van der Waals surface area contributed by atoms with Crippen molar-refractivity contribution in [3.8, 4) is 0 Å². The number of piperidine rings is 1. The Morgan fingerprint density at radius 3 is 2.41 bits per heavy atom. The number of aliphatic hydroxyl groups excluding tert-OH is 1. The molecule has 0 aliphatic carbocycles. The summed E-state index contributed by atoms with van der Waals surface area (Å²) in [6.07, 6.45) is -0.552. The second-order valence-electron chi connectivity index (χ2n) is 6.55. The molecule has 2 rings (SSSR count). The third-order valence-corrected chi connectivity index (χ3v) is 4.56. The summed E-state index contributed by atoms with van der Waals surface area (Å²) in [5, 5.41) is 12.2. The van der Waals surface area contributed by atoms with Crippen LogP contribution in [0, 0.1) is 5.92 Å². The maximum Gasteiger partial charge on any atom is 0.410 e. The van der Waals surface area contributed by atoms with Crippen LogP contribution in [0.4, 0.5) is 4.79 Å². The molecule has 2 N–H and O–H groups in total. The second kappa shape index (κ2) is 9.91. The molecule has 0 bridgehead atoms. The predicted octanol–water partition coefficient (Wildman–Crippen LogP) is 1.07. The van der Waals surface area contributed by atoms with Gasteiger partial charge in [0.15, 0.2) is 6.04 Å². The molecule has 0 aromatic heterocycles. The second-order valence-corrected chi connectivity index (χ2v) is 6.55. The Hall–Kier alpha value is -2.61. The van der Waals surface area contributed by atoms with Crippen LogP contribution in [0.3, 0.4) is 0 Å². The van der Waals surface area contributed by atoms with Gasteiger partial charge in [0.05, 0.1) is 13.2 Å². The van der Waals surface area contributed by atoms with Gasteiger partial charge in [-0.2, -0.15) is 0 Å². The average Bonchev–Trinajstić information content (AvgIpc) is 2.70. The summed E-state index contributed by atoms with van der Waals surface area (Å²) in [6.45, 7) is 2.40. The lowest BCUT2D eigenvalue weighted by Gasteiger charge is -2.31. The number of hydrogen-bond donors (Lipinski definition) is 2. The molecule has 1 fully saturated rings. The zero-order valence-corrected chi connectivity index (χ0v) is 15.6. The minimum Gasteiger partial charge on any atom is -0.467 e. The number of carbonyl (C=O) groups excluding carboxylic acids is 3. The average molecular weight is 378 g/mol. The van der Waals surface area contributed by atoms with E-state index in [2.05, 4.69) is 10.1 Å². The van der Waals surface area contributed by atoms with Gasteiger partial charge < -0.3 is 24.8 Å². The van der Waals surface area contributed by atoms with Crippen molar-refractivity contribution in [2.24, 2.45) is 5.92 Å². The molecular weight excluding hydrogens is 352 g/mol. The molecule has 1 aliphatic rings. The summed E-state index contributed by atoms with van der Waals surface area (Å²) in [5.74, 6) is -1.36. The quantitative estimate of drug-likeness (QED) is 0.718. The van der Waals surface area contributed by atoms with Crippen molar-refractivity contribution in [1.29, 1.82) is 0 Å². The van der Waals surface area contributed by atoms with E-state index in [1.165, 1.54) is 14.0 Å². The van der Waals surface area contributed by atoms with Crippen LogP contribution in [0.15, 0.2) is 30.3 Å². The number of amides is 2. The molecule has 1 aliphatic heterocycles. The summed E-state index contributed by atoms with van der Waals surface area (Å²) in [7, 11) is 1.20. The topological polar surface area (TPSA) is 105 Å². The monoisotopic (exact) mass is 378 g/mol. The first-order chi connectivity index (χ1) is 12.9. The first kappa shape index (κ1) is 20.7. The fraction of sp³-hybridized carbons (Fsp3) is 0.526. The number of likely N-dealkylation sites (tertiary alicyclic amines) is 1. The number of ether oxygens (including phenoxy) is 2. The van der Waals surface area contributed by atoms with Crippen molar-refractivity contribution in [1.82, 2.24) is 10.2 Å². The summed E-state index contributed by atoms with van der Waals surface area (Å²) in [6, 6.07) is 8.30. The first-order valence-electron chi connectivity index (χ1n) is 8.94. The maximum atomic E-state index is 12.4. The molecule has 0 saturated carbocycles. The highest BCUT2D eigenvalue weighted by molar-refractivity contribution is 5.86. The van der Waals surface area contributed by atoms with Gasteiger partial charge in [0, 0.05) is 19.0 Å². The summed E-state index contributed by atoms with van der Waals surface area (Å²) in [5.41, 5.74) is 0.909. The van der Waals surface area contributed by atoms with Crippen molar-refractivity contribution in [2.75, 3.05) is 20.2 Å². The van der Waals surface area contributed by atoms with Crippen molar-refractivity contribution in [2.45, 2.75) is 38.5 Å². The van der Waals surface area contributed by atoms with E-state index >= 15 is 0 Å². The van der Waals surface area contributed by atoms with E-state index in [0.717, 1.165) is 5.56 Å². The summed E-state index contributed by atoms with van der Waals surface area (Å²) in [4.78, 5) is 37.7. The zero-order chi connectivity index (χ0) is 19.8. The van der Waals surface area contributed by atoms with Gasteiger partial charge in [0.1, 0.15) is 6.61 Å². The Kier molecular flexibility index (Phi) is 7.60. The highest BCUT2D eigenvalue weighted by Gasteiger charge is 2.32. The third-order valence-electron chi connectivity index (χ3n) is 4.56. The van der Waals surface area contributed by atoms with Crippen molar-refractivity contribution in [3.63, 3.8) is 0 Å². The molecule has 0 radical (unpaired) electrons. The van der Waals surface area contributed by atoms with Crippen LogP contribution < -0.4 is 5.32 Å². The number of nitrogens with zero attached hydrogens (tertiary/aromatic N) is 1. The smallest absolute Gasteiger partial charge is 0.410 e. The van der Waals surface area contributed by atoms with Crippen LogP contribution in [-0.4, -0.2) is 60.3 Å². The Morgan fingerprint density at radius 2 is 1.85 bits per heavy atom. The van der Waals surface area contributed by atoms with Crippen LogP contribution in [0.2, 0.25) is 0 Å².